The van der Waals surface area contributed by atoms with Crippen molar-refractivity contribution in [2.45, 2.75) is 15.2 Å². The van der Waals surface area contributed by atoms with E-state index in [9.17, 15) is 0 Å². The van der Waals surface area contributed by atoms with E-state index in [1.54, 1.807) is 0 Å². The molecule has 258 valence electrons. The first kappa shape index (κ1) is 31.9. The molecule has 0 unspecified atom stereocenters. The number of nitrogens with zero attached hydrogens (tertiary/aromatic N) is 1. The van der Waals surface area contributed by atoms with Crippen LogP contribution in [0, 0.1) is 0 Å². The molecule has 0 aromatic heterocycles. The summed E-state index contributed by atoms with van der Waals surface area (Å²) in [7, 11) is 0. The van der Waals surface area contributed by atoms with Gasteiger partial charge in [-0.1, -0.05) is 176 Å². The van der Waals surface area contributed by atoms with Crippen molar-refractivity contribution in [1.82, 2.24) is 0 Å². The summed E-state index contributed by atoms with van der Waals surface area (Å²) in [6.45, 7) is 0. The highest BCUT2D eigenvalue weighted by Gasteiger charge is 2.50. The second kappa shape index (κ2) is 12.8. The number of hydrogen-bond acceptors (Lipinski definition) is 2. The van der Waals surface area contributed by atoms with Crippen molar-refractivity contribution in [2.75, 3.05) is 4.90 Å². The number of rotatable bonds is 5. The van der Waals surface area contributed by atoms with Gasteiger partial charge in [0.1, 0.15) is 0 Å². The predicted octanol–water partition coefficient (Wildman–Crippen LogP) is 14.5. The van der Waals surface area contributed by atoms with Crippen molar-refractivity contribution < 1.29 is 0 Å². The molecule has 1 heterocycles. The van der Waals surface area contributed by atoms with Gasteiger partial charge in [-0.3, -0.25) is 0 Å². The SMILES string of the molecule is c1ccc(-c2ccc(N(c3ccccc3)c3ccc(-c4ccc5c(c4)C4(c6ccccc6-c6ccccc64)c4ccc6ccccc6c4S5)cc3)cc2)cc1. The largest absolute Gasteiger partial charge is 0.311 e. The molecule has 0 N–H and O–H groups in total. The minimum Gasteiger partial charge on any atom is -0.311 e. The number of fused-ring (bicyclic) bond motifs is 11. The van der Waals surface area contributed by atoms with Crippen LogP contribution in [0.1, 0.15) is 22.3 Å². The third-order valence-electron chi connectivity index (χ3n) is 11.5. The second-order valence-electron chi connectivity index (χ2n) is 14.4. The van der Waals surface area contributed by atoms with Crippen LogP contribution in [0.5, 0.6) is 0 Å². The van der Waals surface area contributed by atoms with Crippen LogP contribution in [0.15, 0.2) is 222 Å². The minimum atomic E-state index is -0.431. The average molecular weight is 718 g/mol. The van der Waals surface area contributed by atoms with E-state index < -0.39 is 5.41 Å². The van der Waals surface area contributed by atoms with Gasteiger partial charge in [0.25, 0.3) is 0 Å². The van der Waals surface area contributed by atoms with Gasteiger partial charge in [0, 0.05) is 26.9 Å². The van der Waals surface area contributed by atoms with Crippen LogP contribution in [-0.2, 0) is 5.41 Å². The molecule has 9 aromatic rings. The highest BCUT2D eigenvalue weighted by atomic mass is 32.2. The molecular formula is C53H35NS. The van der Waals surface area contributed by atoms with Crippen LogP contribution in [0.4, 0.5) is 17.1 Å². The van der Waals surface area contributed by atoms with Gasteiger partial charge in [0.15, 0.2) is 0 Å². The Labute approximate surface area is 326 Å². The Morgan fingerprint density at radius 1 is 0.345 bits per heavy atom. The van der Waals surface area contributed by atoms with Crippen LogP contribution >= 0.6 is 11.8 Å². The van der Waals surface area contributed by atoms with Gasteiger partial charge in [0.05, 0.1) is 5.41 Å². The van der Waals surface area contributed by atoms with Gasteiger partial charge in [0.2, 0.25) is 0 Å². The Kier molecular flexibility index (Phi) is 7.40. The maximum atomic E-state index is 2.48. The fourth-order valence-corrected chi connectivity index (χ4v) is 10.4. The molecule has 2 aliphatic rings. The lowest BCUT2D eigenvalue weighted by atomic mass is 9.66. The molecule has 0 bridgehead atoms. The van der Waals surface area contributed by atoms with Crippen molar-refractivity contribution in [2.24, 2.45) is 0 Å². The third kappa shape index (κ3) is 4.95. The molecule has 11 rings (SSSR count). The third-order valence-corrected chi connectivity index (χ3v) is 12.8. The first-order valence-corrected chi connectivity index (χ1v) is 19.7. The Hall–Kier alpha value is -6.61. The Morgan fingerprint density at radius 3 is 1.53 bits per heavy atom. The fraction of sp³-hybridized carbons (Fsp3) is 0.0189. The summed E-state index contributed by atoms with van der Waals surface area (Å²) < 4.78 is 0. The quantitative estimate of drug-likeness (QED) is 0.174. The zero-order chi connectivity index (χ0) is 36.3. The van der Waals surface area contributed by atoms with Gasteiger partial charge >= 0.3 is 0 Å². The fourth-order valence-electron chi connectivity index (χ4n) is 9.07. The molecule has 1 spiro atoms. The van der Waals surface area contributed by atoms with E-state index in [2.05, 4.69) is 217 Å². The molecular weight excluding hydrogens is 683 g/mol. The topological polar surface area (TPSA) is 3.24 Å². The van der Waals surface area contributed by atoms with E-state index in [0.717, 1.165) is 17.1 Å². The van der Waals surface area contributed by atoms with Crippen LogP contribution in [0.25, 0.3) is 44.2 Å². The van der Waals surface area contributed by atoms with Crippen LogP contribution in [0.2, 0.25) is 0 Å². The summed E-state index contributed by atoms with van der Waals surface area (Å²) in [4.78, 5) is 5.00. The summed E-state index contributed by atoms with van der Waals surface area (Å²) in [5.41, 5.74) is 15.9. The monoisotopic (exact) mass is 717 g/mol. The van der Waals surface area contributed by atoms with E-state index in [1.807, 2.05) is 11.8 Å². The maximum absolute atomic E-state index is 2.48. The highest BCUT2D eigenvalue weighted by molar-refractivity contribution is 7.99. The average Bonchev–Trinajstić information content (AvgIpc) is 3.55. The lowest BCUT2D eigenvalue weighted by Gasteiger charge is -2.40. The van der Waals surface area contributed by atoms with E-state index in [1.165, 1.54) is 76.2 Å². The molecule has 0 saturated carbocycles. The molecule has 0 saturated heterocycles. The summed E-state index contributed by atoms with van der Waals surface area (Å²) in [5, 5.41) is 2.59. The summed E-state index contributed by atoms with van der Waals surface area (Å²) in [6.07, 6.45) is 0. The van der Waals surface area contributed by atoms with E-state index >= 15 is 0 Å². The van der Waals surface area contributed by atoms with Gasteiger partial charge in [-0.05, 0) is 115 Å². The maximum Gasteiger partial charge on any atom is 0.0735 e. The van der Waals surface area contributed by atoms with E-state index in [-0.39, 0.29) is 0 Å². The van der Waals surface area contributed by atoms with Crippen molar-refractivity contribution in [3.63, 3.8) is 0 Å². The second-order valence-corrected chi connectivity index (χ2v) is 15.5. The first-order chi connectivity index (χ1) is 27.3. The molecule has 0 amide bonds. The molecule has 0 atom stereocenters. The van der Waals surface area contributed by atoms with Gasteiger partial charge in [-0.2, -0.15) is 0 Å². The number of hydrogen-bond donors (Lipinski definition) is 0. The predicted molar refractivity (Wildman–Crippen MR) is 231 cm³/mol. The van der Waals surface area contributed by atoms with Crippen molar-refractivity contribution in [3.05, 3.63) is 235 Å². The summed E-state index contributed by atoms with van der Waals surface area (Å²) in [5.74, 6) is 0. The number of anilines is 3. The van der Waals surface area contributed by atoms with Crippen molar-refractivity contribution in [3.8, 4) is 33.4 Å². The van der Waals surface area contributed by atoms with Crippen molar-refractivity contribution in [1.29, 1.82) is 0 Å². The molecule has 1 nitrogen and oxygen atoms in total. The summed E-state index contributed by atoms with van der Waals surface area (Å²) in [6, 6.07) is 78.0. The molecule has 0 radical (unpaired) electrons. The Bertz CT molecular complexity index is 2830. The molecule has 9 aromatic carbocycles. The molecule has 55 heavy (non-hydrogen) atoms. The standard InChI is InChI=1S/C53H35NS/c1-3-13-36(14-4-1)37-23-29-42(30-24-37)54(41-16-5-2-6-17-41)43-31-25-38(26-32-43)40-28-34-51-50(35-40)53(49-33-27-39-15-7-8-18-44(39)52(49)55-51)47-21-11-9-19-45(47)46-20-10-12-22-48(46)53/h1-35H. The van der Waals surface area contributed by atoms with Crippen molar-refractivity contribution >= 4 is 39.6 Å². The van der Waals surface area contributed by atoms with Crippen LogP contribution in [0.3, 0.4) is 0 Å². The molecule has 2 heteroatoms. The Balaban J connectivity index is 1.05. The molecule has 0 fully saturated rings. The van der Waals surface area contributed by atoms with E-state index in [4.69, 9.17) is 0 Å². The highest BCUT2D eigenvalue weighted by Crippen LogP contribution is 2.63. The lowest BCUT2D eigenvalue weighted by Crippen LogP contribution is -2.32. The number of para-hydroxylation sites is 1. The lowest BCUT2D eigenvalue weighted by molar-refractivity contribution is 0.726. The van der Waals surface area contributed by atoms with Crippen LogP contribution in [-0.4, -0.2) is 0 Å². The van der Waals surface area contributed by atoms with Gasteiger partial charge < -0.3 is 4.90 Å². The zero-order valence-corrected chi connectivity index (χ0v) is 30.9. The summed E-state index contributed by atoms with van der Waals surface area (Å²) >= 11 is 1.92. The Morgan fingerprint density at radius 2 is 0.855 bits per heavy atom. The van der Waals surface area contributed by atoms with E-state index in [0.29, 0.717) is 0 Å². The van der Waals surface area contributed by atoms with Gasteiger partial charge in [-0.15, -0.1) is 0 Å². The normalized spacial score (nSPS) is 13.2. The minimum absolute atomic E-state index is 0.431. The molecule has 1 aliphatic carbocycles. The number of benzene rings is 9. The van der Waals surface area contributed by atoms with Crippen LogP contribution < -0.4 is 4.90 Å². The smallest absolute Gasteiger partial charge is 0.0735 e. The van der Waals surface area contributed by atoms with Gasteiger partial charge in [-0.25, -0.2) is 0 Å². The first-order valence-electron chi connectivity index (χ1n) is 18.9. The molecule has 1 aliphatic heterocycles. The zero-order valence-electron chi connectivity index (χ0n) is 30.1.